The maximum atomic E-state index is 11.7. The van der Waals surface area contributed by atoms with E-state index in [4.69, 9.17) is 5.73 Å². The minimum absolute atomic E-state index is 0.134. The Bertz CT molecular complexity index is 275. The Morgan fingerprint density at radius 1 is 1.33 bits per heavy atom. The van der Waals surface area contributed by atoms with Gasteiger partial charge >= 0.3 is 0 Å². The van der Waals surface area contributed by atoms with E-state index in [2.05, 4.69) is 12.2 Å². The topological polar surface area (TPSA) is 75.4 Å². The Hall–Kier alpha value is -1.10. The smallest absolute Gasteiger partial charge is 0.236 e. The second-order valence-corrected chi connectivity index (χ2v) is 4.88. The third kappa shape index (κ3) is 5.04. The molecule has 0 radical (unpaired) electrons. The number of nitrogens with one attached hydrogen (secondary N) is 1. The fourth-order valence-electron chi connectivity index (χ4n) is 2.10. The Kier molecular flexibility index (Phi) is 6.72. The van der Waals surface area contributed by atoms with Crippen molar-refractivity contribution in [1.29, 1.82) is 0 Å². The zero-order valence-corrected chi connectivity index (χ0v) is 11.3. The summed E-state index contributed by atoms with van der Waals surface area (Å²) >= 11 is 0. The van der Waals surface area contributed by atoms with Gasteiger partial charge in [0.1, 0.15) is 0 Å². The number of carbonyl (C=O) groups excluding carboxylic acids is 2. The summed E-state index contributed by atoms with van der Waals surface area (Å²) in [7, 11) is 0. The van der Waals surface area contributed by atoms with Gasteiger partial charge in [0.05, 0.1) is 6.04 Å². The zero-order chi connectivity index (χ0) is 13.4. The van der Waals surface area contributed by atoms with Gasteiger partial charge in [0, 0.05) is 26.1 Å². The fraction of sp³-hybridized carbons (Fsp3) is 0.846. The van der Waals surface area contributed by atoms with Gasteiger partial charge in [0.25, 0.3) is 0 Å². The van der Waals surface area contributed by atoms with Crippen LogP contribution in [0.25, 0.3) is 0 Å². The lowest BCUT2D eigenvalue weighted by atomic mass is 10.1. The highest BCUT2D eigenvalue weighted by Crippen LogP contribution is 2.08. The van der Waals surface area contributed by atoms with Crippen LogP contribution in [0.15, 0.2) is 0 Å². The van der Waals surface area contributed by atoms with Crippen LogP contribution in [0.5, 0.6) is 0 Å². The molecule has 3 N–H and O–H groups in total. The first-order valence-electron chi connectivity index (χ1n) is 6.96. The van der Waals surface area contributed by atoms with Crippen LogP contribution in [0, 0.1) is 0 Å². The van der Waals surface area contributed by atoms with Crippen molar-refractivity contribution in [2.24, 2.45) is 5.73 Å². The van der Waals surface area contributed by atoms with E-state index >= 15 is 0 Å². The molecule has 0 unspecified atom stereocenters. The Balaban J connectivity index is 2.12. The van der Waals surface area contributed by atoms with E-state index in [0.717, 1.165) is 38.8 Å². The van der Waals surface area contributed by atoms with Crippen LogP contribution in [0.4, 0.5) is 0 Å². The maximum absolute atomic E-state index is 11.7. The predicted molar refractivity (Wildman–Crippen MR) is 70.9 cm³/mol. The molecule has 0 spiro atoms. The Labute approximate surface area is 109 Å². The molecular weight excluding hydrogens is 230 g/mol. The molecule has 0 saturated carbocycles. The van der Waals surface area contributed by atoms with Crippen LogP contribution >= 0.6 is 0 Å². The van der Waals surface area contributed by atoms with Crippen molar-refractivity contribution in [2.45, 2.75) is 51.5 Å². The highest BCUT2D eigenvalue weighted by molar-refractivity contribution is 5.82. The van der Waals surface area contributed by atoms with E-state index in [1.54, 1.807) is 0 Å². The average molecular weight is 255 g/mol. The first-order valence-corrected chi connectivity index (χ1v) is 6.96. The third-order valence-corrected chi connectivity index (χ3v) is 3.30. The molecule has 5 heteroatoms. The van der Waals surface area contributed by atoms with E-state index in [0.29, 0.717) is 19.4 Å². The normalized spacial score (nSPS) is 16.7. The molecule has 5 nitrogen and oxygen atoms in total. The number of rotatable bonds is 7. The van der Waals surface area contributed by atoms with Crippen molar-refractivity contribution in [3.8, 4) is 0 Å². The molecule has 0 aromatic carbocycles. The van der Waals surface area contributed by atoms with Crippen molar-refractivity contribution in [2.75, 3.05) is 19.6 Å². The van der Waals surface area contributed by atoms with Gasteiger partial charge in [-0.1, -0.05) is 19.8 Å². The first kappa shape index (κ1) is 15.0. The maximum Gasteiger partial charge on any atom is 0.236 e. The summed E-state index contributed by atoms with van der Waals surface area (Å²) < 4.78 is 0. The number of nitrogens with two attached hydrogens (primary N) is 1. The lowest BCUT2D eigenvalue weighted by Crippen LogP contribution is -2.42. The molecule has 1 aliphatic rings. The summed E-state index contributed by atoms with van der Waals surface area (Å²) in [5.74, 6) is -0.00685. The molecule has 18 heavy (non-hydrogen) atoms. The molecule has 2 amide bonds. The summed E-state index contributed by atoms with van der Waals surface area (Å²) in [6.45, 7) is 4.19. The van der Waals surface area contributed by atoms with Crippen molar-refractivity contribution in [3.05, 3.63) is 0 Å². The number of hydrogen-bond donors (Lipinski definition) is 2. The molecule has 0 aromatic rings. The van der Waals surface area contributed by atoms with Gasteiger partial charge in [-0.3, -0.25) is 9.59 Å². The summed E-state index contributed by atoms with van der Waals surface area (Å²) in [5.41, 5.74) is 5.73. The van der Waals surface area contributed by atoms with Gasteiger partial charge in [-0.2, -0.15) is 0 Å². The summed E-state index contributed by atoms with van der Waals surface area (Å²) in [4.78, 5) is 25.2. The predicted octanol–water partition coefficient (Wildman–Crippen LogP) is 0.633. The molecule has 1 heterocycles. The van der Waals surface area contributed by atoms with Crippen LogP contribution in [-0.4, -0.2) is 42.4 Å². The highest BCUT2D eigenvalue weighted by atomic mass is 16.2. The average Bonchev–Trinajstić information content (AvgIpc) is 2.89. The van der Waals surface area contributed by atoms with Crippen LogP contribution in [-0.2, 0) is 9.59 Å². The van der Waals surface area contributed by atoms with Crippen molar-refractivity contribution in [3.63, 3.8) is 0 Å². The van der Waals surface area contributed by atoms with Crippen LogP contribution < -0.4 is 11.1 Å². The van der Waals surface area contributed by atoms with E-state index in [9.17, 15) is 9.59 Å². The Morgan fingerprint density at radius 3 is 2.61 bits per heavy atom. The minimum Gasteiger partial charge on any atom is -0.354 e. The SMILES string of the molecule is CCCC[C@H](N)C(=O)NCCC(=O)N1CCCC1. The van der Waals surface area contributed by atoms with E-state index in [1.165, 1.54) is 0 Å². The quantitative estimate of drug-likeness (QED) is 0.700. The molecule has 104 valence electrons. The van der Waals surface area contributed by atoms with Gasteiger partial charge < -0.3 is 16.0 Å². The third-order valence-electron chi connectivity index (χ3n) is 3.30. The van der Waals surface area contributed by atoms with Crippen molar-refractivity contribution >= 4 is 11.8 Å². The molecule has 1 fully saturated rings. The summed E-state index contributed by atoms with van der Waals surface area (Å²) in [5, 5.41) is 2.73. The minimum atomic E-state index is -0.438. The number of likely N-dealkylation sites (tertiary alicyclic amines) is 1. The zero-order valence-electron chi connectivity index (χ0n) is 11.3. The van der Waals surface area contributed by atoms with Gasteiger partial charge in [-0.05, 0) is 19.3 Å². The van der Waals surface area contributed by atoms with Gasteiger partial charge in [0.2, 0.25) is 11.8 Å². The van der Waals surface area contributed by atoms with Crippen LogP contribution in [0.2, 0.25) is 0 Å². The molecular formula is C13H25N3O2. The largest absolute Gasteiger partial charge is 0.354 e. The molecule has 1 atom stereocenters. The van der Waals surface area contributed by atoms with E-state index in [1.807, 2.05) is 4.90 Å². The van der Waals surface area contributed by atoms with Gasteiger partial charge in [-0.25, -0.2) is 0 Å². The lowest BCUT2D eigenvalue weighted by molar-refractivity contribution is -0.130. The second kappa shape index (κ2) is 8.08. The number of unbranched alkanes of at least 4 members (excludes halogenated alkanes) is 1. The van der Waals surface area contributed by atoms with E-state index < -0.39 is 6.04 Å². The number of carbonyl (C=O) groups is 2. The van der Waals surface area contributed by atoms with Gasteiger partial charge in [0.15, 0.2) is 0 Å². The number of amides is 2. The van der Waals surface area contributed by atoms with Crippen molar-refractivity contribution in [1.82, 2.24) is 10.2 Å². The standard InChI is InChI=1S/C13H25N3O2/c1-2-3-6-11(14)13(18)15-8-7-12(17)16-9-4-5-10-16/h11H,2-10,14H2,1H3,(H,15,18)/t11-/m0/s1. The highest BCUT2D eigenvalue weighted by Gasteiger charge is 2.18. The molecule has 1 aliphatic heterocycles. The van der Waals surface area contributed by atoms with Crippen LogP contribution in [0.1, 0.15) is 45.4 Å². The molecule has 1 rings (SSSR count). The first-order chi connectivity index (χ1) is 8.65. The lowest BCUT2D eigenvalue weighted by Gasteiger charge is -2.16. The fourth-order valence-corrected chi connectivity index (χ4v) is 2.10. The Morgan fingerprint density at radius 2 is 2.00 bits per heavy atom. The molecule has 1 saturated heterocycles. The van der Waals surface area contributed by atoms with Crippen LogP contribution in [0.3, 0.4) is 0 Å². The second-order valence-electron chi connectivity index (χ2n) is 4.88. The molecule has 0 aromatic heterocycles. The van der Waals surface area contributed by atoms with Gasteiger partial charge in [-0.15, -0.1) is 0 Å². The van der Waals surface area contributed by atoms with Crippen molar-refractivity contribution < 1.29 is 9.59 Å². The number of hydrogen-bond acceptors (Lipinski definition) is 3. The summed E-state index contributed by atoms with van der Waals surface area (Å²) in [6, 6.07) is -0.438. The van der Waals surface area contributed by atoms with E-state index in [-0.39, 0.29) is 11.8 Å². The molecule has 0 aliphatic carbocycles. The summed E-state index contributed by atoms with van der Waals surface area (Å²) in [6.07, 6.45) is 5.28. The monoisotopic (exact) mass is 255 g/mol. The molecule has 0 bridgehead atoms. The number of nitrogens with zero attached hydrogens (tertiary/aromatic N) is 1.